The van der Waals surface area contributed by atoms with Crippen molar-refractivity contribution in [3.63, 3.8) is 0 Å². The molecule has 0 unspecified atom stereocenters. The lowest BCUT2D eigenvalue weighted by molar-refractivity contribution is 0.0948. The summed E-state index contributed by atoms with van der Waals surface area (Å²) in [5.74, 6) is 1.16. The van der Waals surface area contributed by atoms with Gasteiger partial charge in [0.1, 0.15) is 5.75 Å². The van der Waals surface area contributed by atoms with Gasteiger partial charge in [-0.3, -0.25) is 4.79 Å². The third kappa shape index (κ3) is 5.21. The van der Waals surface area contributed by atoms with Gasteiger partial charge in [-0.25, -0.2) is 0 Å². The topological polar surface area (TPSA) is 47.6 Å². The zero-order valence-corrected chi connectivity index (χ0v) is 12.9. The zero-order valence-electron chi connectivity index (χ0n) is 12.9. The van der Waals surface area contributed by atoms with Gasteiger partial charge in [-0.1, -0.05) is 13.8 Å². The standard InChI is InChI=1S/C16H25NO3/c1-5-19-11-14-9-13(7-8-15(14)20-6-2)16(18)17-10-12(3)4/h7-9,12H,5-6,10-11H2,1-4H3,(H,17,18). The van der Waals surface area contributed by atoms with Gasteiger partial charge in [0.05, 0.1) is 13.2 Å². The molecule has 0 aliphatic rings. The van der Waals surface area contributed by atoms with Crippen molar-refractivity contribution in [2.24, 2.45) is 5.92 Å². The molecule has 1 amide bonds. The summed E-state index contributed by atoms with van der Waals surface area (Å²) in [5.41, 5.74) is 1.55. The Balaban J connectivity index is 2.84. The van der Waals surface area contributed by atoms with E-state index in [2.05, 4.69) is 19.2 Å². The van der Waals surface area contributed by atoms with E-state index in [1.165, 1.54) is 0 Å². The first-order valence-corrected chi connectivity index (χ1v) is 7.20. The highest BCUT2D eigenvalue weighted by atomic mass is 16.5. The molecule has 0 aliphatic heterocycles. The Morgan fingerprint density at radius 1 is 1.25 bits per heavy atom. The molecule has 0 aromatic heterocycles. The molecule has 1 rings (SSSR count). The molecule has 20 heavy (non-hydrogen) atoms. The van der Waals surface area contributed by atoms with Crippen molar-refractivity contribution in [3.8, 4) is 5.75 Å². The van der Waals surface area contributed by atoms with Crippen LogP contribution in [0.3, 0.4) is 0 Å². The average molecular weight is 279 g/mol. The van der Waals surface area contributed by atoms with Crippen LogP contribution in [0.5, 0.6) is 5.75 Å². The molecule has 0 spiro atoms. The molecule has 112 valence electrons. The van der Waals surface area contributed by atoms with Crippen LogP contribution in [0, 0.1) is 5.92 Å². The minimum Gasteiger partial charge on any atom is -0.494 e. The molecule has 0 saturated heterocycles. The summed E-state index contributed by atoms with van der Waals surface area (Å²) in [6.45, 7) is 10.4. The van der Waals surface area contributed by atoms with Gasteiger partial charge in [0.15, 0.2) is 0 Å². The minimum absolute atomic E-state index is 0.0560. The third-order valence-corrected chi connectivity index (χ3v) is 2.76. The van der Waals surface area contributed by atoms with Gasteiger partial charge in [-0.15, -0.1) is 0 Å². The van der Waals surface area contributed by atoms with Crippen LogP contribution in [0.15, 0.2) is 18.2 Å². The highest BCUT2D eigenvalue weighted by molar-refractivity contribution is 5.94. The lowest BCUT2D eigenvalue weighted by Gasteiger charge is -2.13. The van der Waals surface area contributed by atoms with Gasteiger partial charge >= 0.3 is 0 Å². The highest BCUT2D eigenvalue weighted by Crippen LogP contribution is 2.21. The number of nitrogens with one attached hydrogen (secondary N) is 1. The fourth-order valence-corrected chi connectivity index (χ4v) is 1.74. The summed E-state index contributed by atoms with van der Waals surface area (Å²) in [4.78, 5) is 12.1. The maximum absolute atomic E-state index is 12.1. The van der Waals surface area contributed by atoms with Gasteiger partial charge in [0, 0.05) is 24.3 Å². The predicted molar refractivity (Wildman–Crippen MR) is 80.1 cm³/mol. The maximum atomic E-state index is 12.1. The molecule has 0 atom stereocenters. The molecular formula is C16H25NO3. The molecule has 4 nitrogen and oxygen atoms in total. The molecule has 0 aliphatic carbocycles. The fourth-order valence-electron chi connectivity index (χ4n) is 1.74. The van der Waals surface area contributed by atoms with Crippen molar-refractivity contribution in [1.29, 1.82) is 0 Å². The number of hydrogen-bond acceptors (Lipinski definition) is 3. The Bertz CT molecular complexity index is 430. The summed E-state index contributed by atoms with van der Waals surface area (Å²) in [6, 6.07) is 5.47. The lowest BCUT2D eigenvalue weighted by Crippen LogP contribution is -2.27. The molecule has 0 heterocycles. The van der Waals surface area contributed by atoms with E-state index in [0.717, 1.165) is 11.3 Å². The van der Waals surface area contributed by atoms with Crippen LogP contribution < -0.4 is 10.1 Å². The Hall–Kier alpha value is -1.55. The van der Waals surface area contributed by atoms with Crippen molar-refractivity contribution in [3.05, 3.63) is 29.3 Å². The highest BCUT2D eigenvalue weighted by Gasteiger charge is 2.11. The minimum atomic E-state index is -0.0560. The molecule has 0 radical (unpaired) electrons. The van der Waals surface area contributed by atoms with E-state index in [9.17, 15) is 4.79 Å². The second kappa shape index (κ2) is 8.59. The van der Waals surface area contributed by atoms with E-state index in [4.69, 9.17) is 9.47 Å². The van der Waals surface area contributed by atoms with Crippen LogP contribution in [0.25, 0.3) is 0 Å². The number of carbonyl (C=O) groups excluding carboxylic acids is 1. The van der Waals surface area contributed by atoms with E-state index in [1.807, 2.05) is 26.0 Å². The molecular weight excluding hydrogens is 254 g/mol. The Morgan fingerprint density at radius 3 is 2.60 bits per heavy atom. The summed E-state index contributed by atoms with van der Waals surface area (Å²) >= 11 is 0. The zero-order chi connectivity index (χ0) is 15.0. The van der Waals surface area contributed by atoms with E-state index >= 15 is 0 Å². The van der Waals surface area contributed by atoms with Crippen LogP contribution >= 0.6 is 0 Å². The number of hydrogen-bond donors (Lipinski definition) is 1. The number of ether oxygens (including phenoxy) is 2. The Labute approximate surface area is 121 Å². The van der Waals surface area contributed by atoms with Crippen LogP contribution in [0.2, 0.25) is 0 Å². The molecule has 0 saturated carbocycles. The molecule has 0 bridgehead atoms. The second-order valence-corrected chi connectivity index (χ2v) is 5.00. The van der Waals surface area contributed by atoms with Gasteiger partial charge in [0.25, 0.3) is 5.91 Å². The predicted octanol–water partition coefficient (Wildman–Crippen LogP) is 3.01. The first-order valence-electron chi connectivity index (χ1n) is 7.20. The van der Waals surface area contributed by atoms with Crippen molar-refractivity contribution in [2.45, 2.75) is 34.3 Å². The SMILES string of the molecule is CCOCc1cc(C(=O)NCC(C)C)ccc1OCC. The summed E-state index contributed by atoms with van der Waals surface area (Å²) in [6.07, 6.45) is 0. The van der Waals surface area contributed by atoms with Crippen LogP contribution in [-0.4, -0.2) is 25.7 Å². The van der Waals surface area contributed by atoms with Crippen LogP contribution in [0.1, 0.15) is 43.6 Å². The average Bonchev–Trinajstić information content (AvgIpc) is 2.43. The van der Waals surface area contributed by atoms with Crippen molar-refractivity contribution >= 4 is 5.91 Å². The Morgan fingerprint density at radius 2 is 2.00 bits per heavy atom. The largest absolute Gasteiger partial charge is 0.494 e. The van der Waals surface area contributed by atoms with Crippen molar-refractivity contribution in [1.82, 2.24) is 5.32 Å². The van der Waals surface area contributed by atoms with Gasteiger partial charge in [-0.05, 0) is 38.0 Å². The second-order valence-electron chi connectivity index (χ2n) is 5.00. The van der Waals surface area contributed by atoms with Crippen molar-refractivity contribution in [2.75, 3.05) is 19.8 Å². The van der Waals surface area contributed by atoms with Gasteiger partial charge in [0.2, 0.25) is 0 Å². The van der Waals surface area contributed by atoms with Crippen molar-refractivity contribution < 1.29 is 14.3 Å². The molecule has 1 N–H and O–H groups in total. The maximum Gasteiger partial charge on any atom is 0.251 e. The van der Waals surface area contributed by atoms with Crippen LogP contribution in [0.4, 0.5) is 0 Å². The number of benzene rings is 1. The van der Waals surface area contributed by atoms with E-state index in [1.54, 1.807) is 6.07 Å². The number of rotatable bonds is 8. The van der Waals surface area contributed by atoms with E-state index < -0.39 is 0 Å². The molecule has 0 fully saturated rings. The first kappa shape index (κ1) is 16.5. The summed E-state index contributed by atoms with van der Waals surface area (Å²) < 4.78 is 11.0. The van der Waals surface area contributed by atoms with Crippen LogP contribution in [-0.2, 0) is 11.3 Å². The first-order chi connectivity index (χ1) is 9.58. The number of amides is 1. The normalized spacial score (nSPS) is 10.7. The summed E-state index contributed by atoms with van der Waals surface area (Å²) in [5, 5.41) is 2.91. The smallest absolute Gasteiger partial charge is 0.251 e. The lowest BCUT2D eigenvalue weighted by atomic mass is 10.1. The molecule has 1 aromatic carbocycles. The number of carbonyl (C=O) groups is 1. The fraction of sp³-hybridized carbons (Fsp3) is 0.562. The Kier molecular flexibility index (Phi) is 7.09. The quantitative estimate of drug-likeness (QED) is 0.795. The molecule has 4 heteroatoms. The monoisotopic (exact) mass is 279 g/mol. The third-order valence-electron chi connectivity index (χ3n) is 2.76. The van der Waals surface area contributed by atoms with E-state index in [-0.39, 0.29) is 5.91 Å². The molecule has 1 aromatic rings. The van der Waals surface area contributed by atoms with Gasteiger partial charge < -0.3 is 14.8 Å². The van der Waals surface area contributed by atoms with Gasteiger partial charge in [-0.2, -0.15) is 0 Å². The van der Waals surface area contributed by atoms with E-state index in [0.29, 0.717) is 37.8 Å². The summed E-state index contributed by atoms with van der Waals surface area (Å²) in [7, 11) is 0.